The highest BCUT2D eigenvalue weighted by molar-refractivity contribution is 7.05. The molecule has 0 amide bonds. The molecule has 18 heavy (non-hydrogen) atoms. The van der Waals surface area contributed by atoms with Gasteiger partial charge in [0.15, 0.2) is 0 Å². The van der Waals surface area contributed by atoms with Gasteiger partial charge >= 0.3 is 0 Å². The first-order valence-corrected chi connectivity index (χ1v) is 6.68. The second kappa shape index (κ2) is 5.88. The van der Waals surface area contributed by atoms with Crippen LogP contribution in [0, 0.1) is 0 Å². The summed E-state index contributed by atoms with van der Waals surface area (Å²) in [6.45, 7) is 4.60. The summed E-state index contributed by atoms with van der Waals surface area (Å²) in [5.74, 6) is 0.737. The maximum absolute atomic E-state index is 6.24. The lowest BCUT2D eigenvalue weighted by Gasteiger charge is -2.11. The summed E-state index contributed by atoms with van der Waals surface area (Å²) >= 11 is 1.34. The van der Waals surface area contributed by atoms with Gasteiger partial charge < -0.3 is 10.5 Å². The van der Waals surface area contributed by atoms with E-state index in [-0.39, 0.29) is 6.04 Å². The lowest BCUT2D eigenvalue weighted by molar-refractivity contribution is 0.338. The van der Waals surface area contributed by atoms with Crippen molar-refractivity contribution in [3.63, 3.8) is 0 Å². The fourth-order valence-corrected chi connectivity index (χ4v) is 2.47. The van der Waals surface area contributed by atoms with Crippen LogP contribution in [0.1, 0.15) is 36.0 Å². The predicted molar refractivity (Wildman–Crippen MR) is 70.7 cm³/mol. The van der Waals surface area contributed by atoms with E-state index in [2.05, 4.69) is 14.6 Å². The van der Waals surface area contributed by atoms with Crippen LogP contribution in [0.3, 0.4) is 0 Å². The van der Waals surface area contributed by atoms with Gasteiger partial charge in [-0.2, -0.15) is 0 Å². The summed E-state index contributed by atoms with van der Waals surface area (Å²) in [6.07, 6.45) is 4.27. The monoisotopic (exact) mass is 264 g/mol. The van der Waals surface area contributed by atoms with Gasteiger partial charge in [-0.25, -0.2) is 0 Å². The van der Waals surface area contributed by atoms with Crippen LogP contribution in [0.15, 0.2) is 18.5 Å². The van der Waals surface area contributed by atoms with E-state index in [1.54, 1.807) is 12.4 Å². The fraction of sp³-hybridized carbons (Fsp3) is 0.417. The maximum Gasteiger partial charge on any atom is 0.137 e. The van der Waals surface area contributed by atoms with Crippen molar-refractivity contribution in [2.45, 2.75) is 26.3 Å². The molecule has 0 aromatic carbocycles. The number of hydrogen-bond donors (Lipinski definition) is 1. The second-order valence-corrected chi connectivity index (χ2v) is 4.59. The number of nitrogens with two attached hydrogens (primary N) is 1. The Morgan fingerprint density at radius 3 is 2.94 bits per heavy atom. The third-order valence-electron chi connectivity index (χ3n) is 2.61. The largest absolute Gasteiger partial charge is 0.492 e. The number of hydrogen-bond acceptors (Lipinski definition) is 6. The molecule has 0 saturated carbocycles. The van der Waals surface area contributed by atoms with E-state index in [9.17, 15) is 0 Å². The van der Waals surface area contributed by atoms with Crippen molar-refractivity contribution in [2.24, 2.45) is 5.73 Å². The molecule has 6 heteroatoms. The van der Waals surface area contributed by atoms with Crippen LogP contribution in [0.2, 0.25) is 0 Å². The molecule has 0 saturated heterocycles. The third kappa shape index (κ3) is 2.65. The molecule has 1 atom stereocenters. The summed E-state index contributed by atoms with van der Waals surface area (Å²) in [5.41, 5.74) is 8.11. The summed E-state index contributed by atoms with van der Waals surface area (Å²) < 4.78 is 9.38. The third-order valence-corrected chi connectivity index (χ3v) is 3.46. The molecule has 0 bridgehead atoms. The van der Waals surface area contributed by atoms with Crippen LogP contribution in [0.5, 0.6) is 5.75 Å². The minimum atomic E-state index is -0.243. The summed E-state index contributed by atoms with van der Waals surface area (Å²) in [5, 5.41) is 4.08. The molecule has 2 aromatic rings. The lowest BCUT2D eigenvalue weighted by atomic mass is 10.1. The Hall–Kier alpha value is -1.53. The van der Waals surface area contributed by atoms with E-state index >= 15 is 0 Å². The Kier molecular flexibility index (Phi) is 4.22. The van der Waals surface area contributed by atoms with E-state index in [1.165, 1.54) is 11.5 Å². The molecule has 0 aliphatic heterocycles. The van der Waals surface area contributed by atoms with Crippen molar-refractivity contribution in [3.8, 4) is 5.75 Å². The Balaban J connectivity index is 2.28. The maximum atomic E-state index is 6.24. The molecule has 0 spiro atoms. The molecule has 96 valence electrons. The van der Waals surface area contributed by atoms with E-state index < -0.39 is 0 Å². The van der Waals surface area contributed by atoms with Crippen molar-refractivity contribution >= 4 is 11.5 Å². The van der Waals surface area contributed by atoms with Crippen LogP contribution in [0.25, 0.3) is 0 Å². The lowest BCUT2D eigenvalue weighted by Crippen LogP contribution is -2.12. The molecule has 2 rings (SSSR count). The SMILES string of the molecule is CCOc1cncc(C(N)c2snnc2CC)c1. The average Bonchev–Trinajstić information content (AvgIpc) is 2.87. The van der Waals surface area contributed by atoms with E-state index in [0.29, 0.717) is 6.61 Å². The van der Waals surface area contributed by atoms with Crippen molar-refractivity contribution in [3.05, 3.63) is 34.6 Å². The first-order valence-electron chi connectivity index (χ1n) is 5.90. The van der Waals surface area contributed by atoms with Crippen LogP contribution < -0.4 is 10.5 Å². The van der Waals surface area contributed by atoms with Gasteiger partial charge in [-0.15, -0.1) is 5.10 Å². The van der Waals surface area contributed by atoms with Crippen LogP contribution >= 0.6 is 11.5 Å². The van der Waals surface area contributed by atoms with Gasteiger partial charge in [0.05, 0.1) is 29.4 Å². The zero-order valence-corrected chi connectivity index (χ0v) is 11.3. The molecule has 0 aliphatic carbocycles. The van der Waals surface area contributed by atoms with Crippen LogP contribution in [-0.4, -0.2) is 21.2 Å². The smallest absolute Gasteiger partial charge is 0.137 e. The van der Waals surface area contributed by atoms with Gasteiger partial charge in [0.25, 0.3) is 0 Å². The number of aryl methyl sites for hydroxylation is 1. The standard InChI is InChI=1S/C12H16N4OS/c1-3-10-12(18-16-15-10)11(13)8-5-9(17-4-2)7-14-6-8/h5-7,11H,3-4,13H2,1-2H3. The highest BCUT2D eigenvalue weighted by atomic mass is 32.1. The Bertz CT molecular complexity index is 514. The van der Waals surface area contributed by atoms with Crippen molar-refractivity contribution in [1.29, 1.82) is 0 Å². The average molecular weight is 264 g/mol. The van der Waals surface area contributed by atoms with Gasteiger partial charge in [-0.1, -0.05) is 11.4 Å². The van der Waals surface area contributed by atoms with E-state index in [4.69, 9.17) is 10.5 Å². The van der Waals surface area contributed by atoms with Gasteiger partial charge in [-0.3, -0.25) is 4.98 Å². The first-order chi connectivity index (χ1) is 8.76. The summed E-state index contributed by atoms with van der Waals surface area (Å²) in [7, 11) is 0. The highest BCUT2D eigenvalue weighted by Crippen LogP contribution is 2.26. The van der Waals surface area contributed by atoms with Gasteiger partial charge in [0, 0.05) is 6.20 Å². The molecule has 1 unspecified atom stereocenters. The van der Waals surface area contributed by atoms with Gasteiger partial charge in [-0.05, 0) is 36.5 Å². The minimum Gasteiger partial charge on any atom is -0.492 e. The molecule has 5 nitrogen and oxygen atoms in total. The first kappa shape index (κ1) is 12.9. The minimum absolute atomic E-state index is 0.243. The van der Waals surface area contributed by atoms with Crippen LogP contribution in [-0.2, 0) is 6.42 Å². The predicted octanol–water partition coefficient (Wildman–Crippen LogP) is 1.94. The summed E-state index contributed by atoms with van der Waals surface area (Å²) in [4.78, 5) is 5.14. The quantitative estimate of drug-likeness (QED) is 0.893. The molecular formula is C12H16N4OS. The molecular weight excluding hydrogens is 248 g/mol. The Morgan fingerprint density at radius 1 is 1.39 bits per heavy atom. The number of ether oxygens (including phenoxy) is 1. The van der Waals surface area contributed by atoms with Crippen molar-refractivity contribution < 1.29 is 4.74 Å². The molecule has 2 N–H and O–H groups in total. The number of nitrogens with zero attached hydrogens (tertiary/aromatic N) is 3. The topological polar surface area (TPSA) is 73.9 Å². The van der Waals surface area contributed by atoms with Crippen LogP contribution in [0.4, 0.5) is 0 Å². The molecule has 0 radical (unpaired) electrons. The Labute approximate surface area is 110 Å². The zero-order chi connectivity index (χ0) is 13.0. The van der Waals surface area contributed by atoms with E-state index in [0.717, 1.165) is 28.3 Å². The van der Waals surface area contributed by atoms with Crippen molar-refractivity contribution in [2.75, 3.05) is 6.61 Å². The summed E-state index contributed by atoms with van der Waals surface area (Å²) in [6, 6.07) is 1.67. The molecule has 2 aromatic heterocycles. The second-order valence-electron chi connectivity index (χ2n) is 3.80. The van der Waals surface area contributed by atoms with Gasteiger partial charge in [0.1, 0.15) is 5.75 Å². The normalized spacial score (nSPS) is 12.4. The fourth-order valence-electron chi connectivity index (χ4n) is 1.70. The van der Waals surface area contributed by atoms with Crippen molar-refractivity contribution in [1.82, 2.24) is 14.6 Å². The molecule has 0 fully saturated rings. The number of pyridine rings is 1. The van der Waals surface area contributed by atoms with E-state index in [1.807, 2.05) is 19.9 Å². The number of aromatic nitrogens is 3. The molecule has 0 aliphatic rings. The Morgan fingerprint density at radius 2 is 2.22 bits per heavy atom. The number of rotatable bonds is 5. The highest BCUT2D eigenvalue weighted by Gasteiger charge is 2.17. The molecule has 2 heterocycles. The van der Waals surface area contributed by atoms with Gasteiger partial charge in [0.2, 0.25) is 0 Å². The zero-order valence-electron chi connectivity index (χ0n) is 10.5.